The summed E-state index contributed by atoms with van der Waals surface area (Å²) in [7, 11) is 0. The van der Waals surface area contributed by atoms with Gasteiger partial charge < -0.3 is 14.9 Å². The van der Waals surface area contributed by atoms with Gasteiger partial charge in [0, 0.05) is 35.6 Å². The highest BCUT2D eigenvalue weighted by molar-refractivity contribution is 7.09. The summed E-state index contributed by atoms with van der Waals surface area (Å²) >= 11 is 1.79. The van der Waals surface area contributed by atoms with E-state index in [1.54, 1.807) is 11.3 Å². The zero-order valence-electron chi connectivity index (χ0n) is 21.2. The van der Waals surface area contributed by atoms with Crippen molar-refractivity contribution in [3.63, 3.8) is 0 Å². The molecule has 2 atom stereocenters. The Morgan fingerprint density at radius 1 is 1.13 bits per heavy atom. The Hall–Kier alpha value is -2.78. The Morgan fingerprint density at radius 2 is 1.74 bits per heavy atom. The molecule has 218 valence electrons. The number of carboxylic acid groups (broad SMARTS) is 2. The van der Waals surface area contributed by atoms with Crippen molar-refractivity contribution in [3.8, 4) is 0 Å². The molecule has 1 aliphatic carbocycles. The van der Waals surface area contributed by atoms with E-state index in [1.165, 1.54) is 36.4 Å². The van der Waals surface area contributed by atoms with Gasteiger partial charge in [-0.05, 0) is 44.7 Å². The predicted molar refractivity (Wildman–Crippen MR) is 128 cm³/mol. The maximum absolute atomic E-state index is 10.6. The molecule has 0 amide bonds. The van der Waals surface area contributed by atoms with E-state index in [9.17, 15) is 26.3 Å². The van der Waals surface area contributed by atoms with Crippen molar-refractivity contribution in [2.24, 2.45) is 11.3 Å². The second kappa shape index (κ2) is 13.5. The van der Waals surface area contributed by atoms with Crippen LogP contribution in [-0.4, -0.2) is 69.1 Å². The lowest BCUT2D eigenvalue weighted by molar-refractivity contribution is -0.193. The Kier molecular flexibility index (Phi) is 11.2. The van der Waals surface area contributed by atoms with Crippen LogP contribution in [0.3, 0.4) is 0 Å². The summed E-state index contributed by atoms with van der Waals surface area (Å²) in [6.07, 6.45) is -6.16. The monoisotopic (exact) mass is 585 g/mol. The number of rotatable bonds is 6. The molecular formula is C24H29F6N3O5S. The van der Waals surface area contributed by atoms with Crippen LogP contribution in [0.2, 0.25) is 0 Å². The van der Waals surface area contributed by atoms with Crippen LogP contribution in [0, 0.1) is 25.2 Å². The summed E-state index contributed by atoms with van der Waals surface area (Å²) in [4.78, 5) is 30.8. The van der Waals surface area contributed by atoms with Crippen molar-refractivity contribution in [1.82, 2.24) is 14.9 Å². The average Bonchev–Trinajstić information content (AvgIpc) is 3.48. The van der Waals surface area contributed by atoms with Crippen molar-refractivity contribution in [1.29, 1.82) is 0 Å². The molecule has 4 rings (SSSR count). The molecule has 3 heterocycles. The number of nitrogens with zero attached hydrogens (tertiary/aromatic N) is 3. The van der Waals surface area contributed by atoms with Gasteiger partial charge in [-0.15, -0.1) is 11.3 Å². The molecule has 8 nitrogen and oxygen atoms in total. The van der Waals surface area contributed by atoms with Gasteiger partial charge in [0.05, 0.1) is 30.1 Å². The van der Waals surface area contributed by atoms with Gasteiger partial charge in [-0.3, -0.25) is 9.88 Å². The fourth-order valence-corrected chi connectivity index (χ4v) is 5.42. The minimum absolute atomic E-state index is 0.350. The zero-order valence-corrected chi connectivity index (χ0v) is 22.0. The van der Waals surface area contributed by atoms with Gasteiger partial charge in [-0.2, -0.15) is 26.3 Å². The number of carboxylic acids is 2. The third-order valence-electron chi connectivity index (χ3n) is 6.39. The number of alkyl halides is 6. The van der Waals surface area contributed by atoms with E-state index in [1.807, 2.05) is 18.5 Å². The smallest absolute Gasteiger partial charge is 0.475 e. The molecule has 0 bridgehead atoms. The van der Waals surface area contributed by atoms with E-state index < -0.39 is 24.3 Å². The third-order valence-corrected chi connectivity index (χ3v) is 7.31. The maximum atomic E-state index is 10.6. The van der Waals surface area contributed by atoms with Crippen LogP contribution in [0.4, 0.5) is 26.3 Å². The summed E-state index contributed by atoms with van der Waals surface area (Å²) < 4.78 is 69.6. The van der Waals surface area contributed by atoms with Crippen LogP contribution in [0.5, 0.6) is 0 Å². The normalized spacial score (nSPS) is 20.9. The number of aryl methyl sites for hydroxylation is 2. The maximum Gasteiger partial charge on any atom is 0.490 e. The second-order valence-electron chi connectivity index (χ2n) is 9.35. The SMILES string of the molecule is Cc1cccc(COC[C@@]23CCC[C@@H]2CN(Cc2scnc2C)C3)n1.O=C(O)C(F)(F)F.O=C(O)C(F)(F)F. The Labute approximate surface area is 224 Å². The van der Waals surface area contributed by atoms with Crippen LogP contribution in [0.25, 0.3) is 0 Å². The minimum atomic E-state index is -5.08. The number of ether oxygens (including phenoxy) is 1. The summed E-state index contributed by atoms with van der Waals surface area (Å²) in [5.41, 5.74) is 5.61. The van der Waals surface area contributed by atoms with Crippen molar-refractivity contribution in [3.05, 3.63) is 45.7 Å². The lowest BCUT2D eigenvalue weighted by atomic mass is 9.81. The average molecular weight is 586 g/mol. The number of hydrogen-bond donors (Lipinski definition) is 2. The van der Waals surface area contributed by atoms with Crippen molar-refractivity contribution >= 4 is 23.3 Å². The zero-order chi connectivity index (χ0) is 29.4. The molecule has 2 aromatic heterocycles. The molecule has 1 saturated carbocycles. The number of carbonyl (C=O) groups is 2. The molecule has 2 N–H and O–H groups in total. The lowest BCUT2D eigenvalue weighted by Gasteiger charge is -2.28. The number of thiazole rings is 1. The van der Waals surface area contributed by atoms with Crippen molar-refractivity contribution in [2.45, 2.75) is 58.6 Å². The van der Waals surface area contributed by atoms with Crippen LogP contribution >= 0.6 is 11.3 Å². The highest BCUT2D eigenvalue weighted by atomic mass is 32.1. The highest BCUT2D eigenvalue weighted by Crippen LogP contribution is 2.49. The lowest BCUT2D eigenvalue weighted by Crippen LogP contribution is -2.32. The van der Waals surface area contributed by atoms with E-state index in [-0.39, 0.29) is 0 Å². The van der Waals surface area contributed by atoms with Crippen LogP contribution < -0.4 is 0 Å². The number of halogens is 6. The molecule has 39 heavy (non-hydrogen) atoms. The van der Waals surface area contributed by atoms with Crippen molar-refractivity contribution in [2.75, 3.05) is 19.7 Å². The predicted octanol–water partition coefficient (Wildman–Crippen LogP) is 5.24. The van der Waals surface area contributed by atoms with Crippen LogP contribution in [-0.2, 0) is 27.5 Å². The van der Waals surface area contributed by atoms with Gasteiger partial charge in [-0.1, -0.05) is 12.5 Å². The highest BCUT2D eigenvalue weighted by Gasteiger charge is 2.49. The number of hydrogen-bond acceptors (Lipinski definition) is 7. The first-order chi connectivity index (χ1) is 18.0. The molecule has 0 radical (unpaired) electrons. The third kappa shape index (κ3) is 10.0. The number of likely N-dealkylation sites (tertiary alicyclic amines) is 1. The standard InChI is InChI=1S/C20H27N3OS.2C2HF3O2/c1-15-5-3-7-18(22-15)11-24-13-20-8-4-6-17(20)9-23(12-20)10-19-16(2)21-14-25-19;2*3-2(4,5)1(6)7/h3,5,7,14,17H,4,6,8-13H2,1-2H3;2*(H,6,7)/t17-,20+;;/m1../s1. The molecule has 2 aliphatic rings. The first kappa shape index (κ1) is 32.4. The Bertz CT molecular complexity index is 1090. The molecule has 0 aromatic carbocycles. The summed E-state index contributed by atoms with van der Waals surface area (Å²) in [5, 5.41) is 14.2. The first-order valence-corrected chi connectivity index (χ1v) is 12.6. The summed E-state index contributed by atoms with van der Waals surface area (Å²) in [6, 6.07) is 6.15. The molecule has 15 heteroatoms. The van der Waals surface area contributed by atoms with E-state index in [0.29, 0.717) is 12.0 Å². The van der Waals surface area contributed by atoms with Gasteiger partial charge in [-0.25, -0.2) is 14.6 Å². The molecule has 1 saturated heterocycles. The van der Waals surface area contributed by atoms with E-state index in [4.69, 9.17) is 24.5 Å². The van der Waals surface area contributed by atoms with Crippen LogP contribution in [0.1, 0.15) is 41.2 Å². The van der Waals surface area contributed by atoms with E-state index >= 15 is 0 Å². The summed E-state index contributed by atoms with van der Waals surface area (Å²) in [5.74, 6) is -4.73. The number of pyridine rings is 1. The van der Waals surface area contributed by atoms with Gasteiger partial charge in [0.25, 0.3) is 0 Å². The quantitative estimate of drug-likeness (QED) is 0.443. The Morgan fingerprint density at radius 3 is 2.26 bits per heavy atom. The van der Waals surface area contributed by atoms with Gasteiger partial charge in [0.15, 0.2) is 0 Å². The number of aromatic nitrogens is 2. The topological polar surface area (TPSA) is 113 Å². The molecule has 0 spiro atoms. The number of fused-ring (bicyclic) bond motifs is 1. The molecule has 2 fully saturated rings. The van der Waals surface area contributed by atoms with Crippen molar-refractivity contribution < 1.29 is 50.9 Å². The van der Waals surface area contributed by atoms with Gasteiger partial charge >= 0.3 is 24.3 Å². The largest absolute Gasteiger partial charge is 0.490 e. The second-order valence-corrected chi connectivity index (χ2v) is 10.3. The van der Waals surface area contributed by atoms with Crippen LogP contribution in [0.15, 0.2) is 23.7 Å². The fraction of sp³-hybridized carbons (Fsp3) is 0.583. The first-order valence-electron chi connectivity index (χ1n) is 11.8. The fourth-order valence-electron chi connectivity index (χ4n) is 4.60. The molecular weight excluding hydrogens is 556 g/mol. The molecule has 1 aliphatic heterocycles. The Balaban J connectivity index is 0.000000317. The number of aliphatic carboxylic acids is 2. The van der Waals surface area contributed by atoms with E-state index in [2.05, 4.69) is 33.9 Å². The van der Waals surface area contributed by atoms with Gasteiger partial charge in [0.1, 0.15) is 0 Å². The van der Waals surface area contributed by atoms with E-state index in [0.717, 1.165) is 37.0 Å². The molecule has 2 aromatic rings. The minimum Gasteiger partial charge on any atom is -0.475 e. The van der Waals surface area contributed by atoms with Gasteiger partial charge in [0.2, 0.25) is 0 Å². The molecule has 0 unspecified atom stereocenters. The summed E-state index contributed by atoms with van der Waals surface area (Å²) in [6.45, 7) is 9.07.